The molecule has 0 bridgehead atoms. The van der Waals surface area contributed by atoms with E-state index in [1.54, 1.807) is 6.20 Å². The maximum absolute atomic E-state index is 13.4. The summed E-state index contributed by atoms with van der Waals surface area (Å²) in [5.74, 6) is -2.12. The van der Waals surface area contributed by atoms with Gasteiger partial charge in [-0.2, -0.15) is 4.39 Å². The van der Waals surface area contributed by atoms with E-state index < -0.39 is 11.6 Å². The molecule has 0 saturated carbocycles. The number of nitrogens with zero attached hydrogens (tertiary/aromatic N) is 3. The second-order valence-electron chi connectivity index (χ2n) is 3.73. The molecular weight excluding hydrogens is 322 g/mol. The predicted molar refractivity (Wildman–Crippen MR) is 67.5 cm³/mol. The largest absolute Gasteiger partial charge is 0.488 e. The van der Waals surface area contributed by atoms with E-state index in [0.717, 1.165) is 6.07 Å². The molecule has 0 aliphatic rings. The number of hydrogen-bond acceptors (Lipinski definition) is 4. The van der Waals surface area contributed by atoms with Crippen LogP contribution in [0.3, 0.4) is 0 Å². The lowest BCUT2D eigenvalue weighted by Gasteiger charge is -2.08. The molecule has 2 aromatic rings. The van der Waals surface area contributed by atoms with Crippen molar-refractivity contribution in [3.05, 3.63) is 40.1 Å². The minimum atomic E-state index is -1.01. The third-order valence-corrected chi connectivity index (χ3v) is 2.79. The van der Waals surface area contributed by atoms with E-state index in [1.807, 2.05) is 0 Å². The fourth-order valence-corrected chi connectivity index (χ4v) is 1.84. The van der Waals surface area contributed by atoms with Crippen LogP contribution in [0, 0.1) is 11.6 Å². The molecule has 0 spiro atoms. The first-order valence-electron chi connectivity index (χ1n) is 5.46. The summed E-state index contributed by atoms with van der Waals surface area (Å²) in [6, 6.07) is 2.40. The van der Waals surface area contributed by atoms with Gasteiger partial charge in [0.2, 0.25) is 5.82 Å². The molecule has 0 atom stereocenters. The quantitative estimate of drug-likeness (QED) is 0.849. The van der Waals surface area contributed by atoms with E-state index in [0.29, 0.717) is 23.3 Å². The highest BCUT2D eigenvalue weighted by molar-refractivity contribution is 9.10. The minimum absolute atomic E-state index is 0.139. The monoisotopic (exact) mass is 332 g/mol. The summed E-state index contributed by atoms with van der Waals surface area (Å²) in [5.41, 5.74) is 6.04. The van der Waals surface area contributed by atoms with Gasteiger partial charge in [0.25, 0.3) is 0 Å². The van der Waals surface area contributed by atoms with E-state index in [4.69, 9.17) is 10.5 Å². The van der Waals surface area contributed by atoms with Gasteiger partial charge in [0.05, 0.1) is 12.2 Å². The molecule has 0 aliphatic heterocycles. The Kier molecular flexibility index (Phi) is 4.43. The Morgan fingerprint density at radius 3 is 2.84 bits per heavy atom. The fourth-order valence-electron chi connectivity index (χ4n) is 1.43. The third kappa shape index (κ3) is 3.48. The smallest absolute Gasteiger partial charge is 0.200 e. The number of nitrogens with two attached hydrogens (primary N) is 1. The first-order valence-corrected chi connectivity index (χ1v) is 6.26. The molecular formula is C11H11BrF2N4O. The third-order valence-electron chi connectivity index (χ3n) is 2.33. The summed E-state index contributed by atoms with van der Waals surface area (Å²) in [7, 11) is 0. The minimum Gasteiger partial charge on any atom is -0.488 e. The molecule has 0 radical (unpaired) electrons. The topological polar surface area (TPSA) is 66.0 Å². The molecule has 1 aromatic carbocycles. The zero-order chi connectivity index (χ0) is 13.8. The summed E-state index contributed by atoms with van der Waals surface area (Å²) < 4.78 is 33.6. The molecule has 19 heavy (non-hydrogen) atoms. The Hall–Kier alpha value is -1.54. The second kappa shape index (κ2) is 6.07. The van der Waals surface area contributed by atoms with Crippen molar-refractivity contribution in [1.82, 2.24) is 15.0 Å². The van der Waals surface area contributed by atoms with Crippen molar-refractivity contribution >= 4 is 15.9 Å². The maximum atomic E-state index is 13.4. The van der Waals surface area contributed by atoms with Crippen LogP contribution in [-0.2, 0) is 13.1 Å². The van der Waals surface area contributed by atoms with E-state index in [9.17, 15) is 8.78 Å². The number of benzene rings is 1. The Bertz CT molecular complexity index is 576. The van der Waals surface area contributed by atoms with Crippen molar-refractivity contribution in [2.75, 3.05) is 6.61 Å². The molecule has 5 nitrogen and oxygen atoms in total. The van der Waals surface area contributed by atoms with Gasteiger partial charge in [-0.3, -0.25) is 0 Å². The van der Waals surface area contributed by atoms with Gasteiger partial charge in [0, 0.05) is 17.2 Å². The van der Waals surface area contributed by atoms with Crippen molar-refractivity contribution in [3.8, 4) is 5.75 Å². The van der Waals surface area contributed by atoms with Gasteiger partial charge < -0.3 is 10.5 Å². The highest BCUT2D eigenvalue weighted by Gasteiger charge is 2.11. The molecule has 1 aromatic heterocycles. The molecule has 0 fully saturated rings. The van der Waals surface area contributed by atoms with Crippen molar-refractivity contribution in [3.63, 3.8) is 0 Å². The van der Waals surface area contributed by atoms with E-state index in [-0.39, 0.29) is 12.4 Å². The molecule has 102 valence electrons. The fraction of sp³-hybridized carbons (Fsp3) is 0.273. The first-order chi connectivity index (χ1) is 9.10. The predicted octanol–water partition coefficient (Wildman–Crippen LogP) is 1.86. The van der Waals surface area contributed by atoms with Crippen LogP contribution in [0.25, 0.3) is 0 Å². The Morgan fingerprint density at radius 1 is 1.37 bits per heavy atom. The van der Waals surface area contributed by atoms with Crippen molar-refractivity contribution in [2.45, 2.75) is 13.1 Å². The SMILES string of the molecule is NCc1cn(CCOc2cc(Br)cc(F)c2F)nn1. The first kappa shape index (κ1) is 13.9. The molecule has 0 unspecified atom stereocenters. The standard InChI is InChI=1S/C11H11BrF2N4O/c12-7-3-9(13)11(14)10(4-7)19-2-1-18-6-8(5-15)16-17-18/h3-4,6H,1-2,5,15H2. The zero-order valence-corrected chi connectivity index (χ0v) is 11.4. The molecule has 0 saturated heterocycles. The van der Waals surface area contributed by atoms with Crippen molar-refractivity contribution in [1.29, 1.82) is 0 Å². The van der Waals surface area contributed by atoms with Crippen LogP contribution < -0.4 is 10.5 Å². The van der Waals surface area contributed by atoms with Crippen LogP contribution in [-0.4, -0.2) is 21.6 Å². The van der Waals surface area contributed by atoms with Crippen LogP contribution in [0.2, 0.25) is 0 Å². The molecule has 0 aliphatic carbocycles. The number of rotatable bonds is 5. The summed E-state index contributed by atoms with van der Waals surface area (Å²) in [5, 5.41) is 7.60. The Balaban J connectivity index is 1.95. The van der Waals surface area contributed by atoms with E-state index in [2.05, 4.69) is 26.2 Å². The normalized spacial score (nSPS) is 10.7. The summed E-state index contributed by atoms with van der Waals surface area (Å²) in [6.45, 7) is 0.799. The van der Waals surface area contributed by atoms with Gasteiger partial charge >= 0.3 is 0 Å². The second-order valence-corrected chi connectivity index (χ2v) is 4.64. The highest BCUT2D eigenvalue weighted by Crippen LogP contribution is 2.25. The maximum Gasteiger partial charge on any atom is 0.200 e. The summed E-state index contributed by atoms with van der Waals surface area (Å²) >= 11 is 3.07. The average molecular weight is 333 g/mol. The Labute approximate surface area is 116 Å². The Morgan fingerprint density at radius 2 is 2.16 bits per heavy atom. The van der Waals surface area contributed by atoms with Gasteiger partial charge in [-0.05, 0) is 12.1 Å². The number of halogens is 3. The molecule has 2 rings (SSSR count). The lowest BCUT2D eigenvalue weighted by atomic mass is 10.3. The summed E-state index contributed by atoms with van der Waals surface area (Å²) in [4.78, 5) is 0. The van der Waals surface area contributed by atoms with Crippen molar-refractivity contribution in [2.24, 2.45) is 5.73 Å². The van der Waals surface area contributed by atoms with Crippen LogP contribution in [0.1, 0.15) is 5.69 Å². The number of hydrogen-bond donors (Lipinski definition) is 1. The number of aromatic nitrogens is 3. The van der Waals surface area contributed by atoms with Gasteiger partial charge in [-0.25, -0.2) is 9.07 Å². The summed E-state index contributed by atoms with van der Waals surface area (Å²) in [6.07, 6.45) is 1.67. The molecule has 8 heteroatoms. The molecule has 1 heterocycles. The lowest BCUT2D eigenvalue weighted by molar-refractivity contribution is 0.272. The van der Waals surface area contributed by atoms with Gasteiger partial charge in [-0.1, -0.05) is 21.1 Å². The van der Waals surface area contributed by atoms with Gasteiger partial charge in [0.1, 0.15) is 6.61 Å². The van der Waals surface area contributed by atoms with E-state index in [1.165, 1.54) is 10.7 Å². The number of ether oxygens (including phenoxy) is 1. The van der Waals surface area contributed by atoms with Crippen LogP contribution in [0.4, 0.5) is 8.78 Å². The van der Waals surface area contributed by atoms with E-state index >= 15 is 0 Å². The average Bonchev–Trinajstić information content (AvgIpc) is 2.83. The van der Waals surface area contributed by atoms with Crippen molar-refractivity contribution < 1.29 is 13.5 Å². The van der Waals surface area contributed by atoms with Crippen LogP contribution >= 0.6 is 15.9 Å². The van der Waals surface area contributed by atoms with Gasteiger partial charge in [0.15, 0.2) is 11.6 Å². The van der Waals surface area contributed by atoms with Crippen LogP contribution in [0.15, 0.2) is 22.8 Å². The molecule has 2 N–H and O–H groups in total. The van der Waals surface area contributed by atoms with Gasteiger partial charge in [-0.15, -0.1) is 5.10 Å². The molecule has 0 amide bonds. The highest BCUT2D eigenvalue weighted by atomic mass is 79.9. The lowest BCUT2D eigenvalue weighted by Crippen LogP contribution is -2.10. The zero-order valence-electron chi connectivity index (χ0n) is 9.81. The van der Waals surface area contributed by atoms with Crippen LogP contribution in [0.5, 0.6) is 5.75 Å².